The van der Waals surface area contributed by atoms with Crippen molar-refractivity contribution in [3.8, 4) is 0 Å². The second-order valence-corrected chi connectivity index (χ2v) is 2.20. The average molecular weight is 137 g/mol. The van der Waals surface area contributed by atoms with Crippen LogP contribution in [0.4, 0.5) is 0 Å². The Bertz CT molecular complexity index is 186. The molecule has 0 aliphatic rings. The number of rotatable bonds is 2. The van der Waals surface area contributed by atoms with Gasteiger partial charge in [-0.25, -0.2) is 0 Å². The monoisotopic (exact) mass is 137 g/mol. The summed E-state index contributed by atoms with van der Waals surface area (Å²) in [5, 5.41) is 9.30. The summed E-state index contributed by atoms with van der Waals surface area (Å²) in [6.45, 7) is 1.95. The van der Waals surface area contributed by atoms with Gasteiger partial charge in [-0.3, -0.25) is 4.98 Å². The van der Waals surface area contributed by atoms with Gasteiger partial charge in [-0.2, -0.15) is 0 Å². The molecule has 0 bridgehead atoms. The summed E-state index contributed by atoms with van der Waals surface area (Å²) in [5.41, 5.74) is 0.942. The maximum Gasteiger partial charge on any atom is 0.0788 e. The van der Waals surface area contributed by atoms with E-state index in [1.54, 1.807) is 12.4 Å². The van der Waals surface area contributed by atoms with Gasteiger partial charge >= 0.3 is 0 Å². The van der Waals surface area contributed by atoms with Crippen LogP contribution in [0.15, 0.2) is 24.5 Å². The van der Waals surface area contributed by atoms with Crippen molar-refractivity contribution in [3.63, 3.8) is 0 Å². The molecule has 0 fully saturated rings. The zero-order valence-electron chi connectivity index (χ0n) is 5.99. The number of aliphatic hydroxyl groups excluding tert-OH is 1. The lowest BCUT2D eigenvalue weighted by molar-refractivity contribution is 0.173. The smallest absolute Gasteiger partial charge is 0.0788 e. The van der Waals surface area contributed by atoms with Crippen molar-refractivity contribution in [2.75, 3.05) is 0 Å². The molecular weight excluding hydrogens is 126 g/mol. The van der Waals surface area contributed by atoms with Crippen molar-refractivity contribution in [1.29, 1.82) is 0 Å². The molecule has 0 unspecified atom stereocenters. The first-order chi connectivity index (χ1) is 4.84. The fourth-order valence-electron chi connectivity index (χ4n) is 0.821. The average Bonchev–Trinajstić information content (AvgIpc) is 2.05. The van der Waals surface area contributed by atoms with Crippen molar-refractivity contribution in [3.05, 3.63) is 30.1 Å². The van der Waals surface area contributed by atoms with Gasteiger partial charge in [-0.1, -0.05) is 6.92 Å². The van der Waals surface area contributed by atoms with E-state index < -0.39 is 0 Å². The molecule has 54 valence electrons. The Kier molecular flexibility index (Phi) is 2.40. The zero-order chi connectivity index (χ0) is 7.40. The van der Waals surface area contributed by atoms with Crippen LogP contribution >= 0.6 is 0 Å². The molecule has 0 spiro atoms. The molecule has 0 aromatic carbocycles. The van der Waals surface area contributed by atoms with E-state index in [0.29, 0.717) is 0 Å². The molecule has 1 N–H and O–H groups in total. The van der Waals surface area contributed by atoms with Crippen LogP contribution in [0, 0.1) is 0 Å². The van der Waals surface area contributed by atoms with E-state index >= 15 is 0 Å². The van der Waals surface area contributed by atoms with Crippen molar-refractivity contribution in [2.24, 2.45) is 0 Å². The summed E-state index contributed by atoms with van der Waals surface area (Å²) in [6.07, 6.45) is 3.80. The maximum absolute atomic E-state index is 9.30. The van der Waals surface area contributed by atoms with Gasteiger partial charge in [0.05, 0.1) is 6.10 Å². The number of nitrogens with zero attached hydrogens (tertiary/aromatic N) is 1. The molecule has 0 saturated carbocycles. The summed E-state index contributed by atoms with van der Waals surface area (Å²) in [5.74, 6) is 0. The highest BCUT2D eigenvalue weighted by Crippen LogP contribution is 2.13. The Morgan fingerprint density at radius 3 is 2.60 bits per heavy atom. The van der Waals surface area contributed by atoms with Crippen LogP contribution in [0.1, 0.15) is 25.0 Å². The quantitative estimate of drug-likeness (QED) is 0.670. The molecule has 0 aliphatic heterocycles. The van der Waals surface area contributed by atoms with E-state index in [9.17, 15) is 5.11 Å². The molecule has 0 saturated heterocycles. The zero-order valence-corrected chi connectivity index (χ0v) is 5.99. The Labute approximate surface area is 60.5 Å². The standard InChI is InChI=1S/C8H11NO/c1-2-8(10)7-3-5-9-6-4-7/h3-6,8,10H,2H2,1H3/t8-/m0/s1. The number of aliphatic hydroxyl groups is 1. The highest BCUT2D eigenvalue weighted by Gasteiger charge is 2.01. The van der Waals surface area contributed by atoms with Gasteiger partial charge in [0.25, 0.3) is 0 Å². The Hall–Kier alpha value is -0.890. The van der Waals surface area contributed by atoms with E-state index in [1.807, 2.05) is 19.1 Å². The van der Waals surface area contributed by atoms with Crippen LogP contribution in [0.5, 0.6) is 0 Å². The predicted molar refractivity (Wildman–Crippen MR) is 39.5 cm³/mol. The Morgan fingerprint density at radius 2 is 2.10 bits per heavy atom. The van der Waals surface area contributed by atoms with Crippen LogP contribution in [0.2, 0.25) is 0 Å². The van der Waals surface area contributed by atoms with Gasteiger partial charge in [0.2, 0.25) is 0 Å². The van der Waals surface area contributed by atoms with Gasteiger partial charge in [-0.15, -0.1) is 0 Å². The third-order valence-corrected chi connectivity index (χ3v) is 1.48. The SMILES string of the molecule is CC[C@H](O)c1ccncc1. The van der Waals surface area contributed by atoms with E-state index in [1.165, 1.54) is 0 Å². The second kappa shape index (κ2) is 3.32. The number of pyridine rings is 1. The highest BCUT2D eigenvalue weighted by atomic mass is 16.3. The normalized spacial score (nSPS) is 13.0. The number of hydrogen-bond donors (Lipinski definition) is 1. The molecule has 1 rings (SSSR count). The number of hydrogen-bond acceptors (Lipinski definition) is 2. The highest BCUT2D eigenvalue weighted by molar-refractivity contribution is 5.12. The molecule has 1 heterocycles. The second-order valence-electron chi connectivity index (χ2n) is 2.20. The molecular formula is C8H11NO. The van der Waals surface area contributed by atoms with Crippen molar-refractivity contribution in [1.82, 2.24) is 4.98 Å². The largest absolute Gasteiger partial charge is 0.388 e. The van der Waals surface area contributed by atoms with E-state index in [-0.39, 0.29) is 6.10 Å². The Morgan fingerprint density at radius 1 is 1.50 bits per heavy atom. The molecule has 0 radical (unpaired) electrons. The molecule has 2 nitrogen and oxygen atoms in total. The maximum atomic E-state index is 9.30. The van der Waals surface area contributed by atoms with Crippen molar-refractivity contribution < 1.29 is 5.11 Å². The van der Waals surface area contributed by atoms with Crippen molar-refractivity contribution >= 4 is 0 Å². The van der Waals surface area contributed by atoms with Crippen LogP contribution in [-0.2, 0) is 0 Å². The summed E-state index contributed by atoms with van der Waals surface area (Å²) in [4.78, 5) is 3.85. The van der Waals surface area contributed by atoms with E-state index in [4.69, 9.17) is 0 Å². The minimum atomic E-state index is -0.331. The lowest BCUT2D eigenvalue weighted by atomic mass is 10.1. The Balaban J connectivity index is 2.75. The first-order valence-corrected chi connectivity index (χ1v) is 3.42. The molecule has 0 amide bonds. The fourth-order valence-corrected chi connectivity index (χ4v) is 0.821. The first kappa shape index (κ1) is 7.22. The minimum Gasteiger partial charge on any atom is -0.388 e. The van der Waals surface area contributed by atoms with Gasteiger partial charge in [0.15, 0.2) is 0 Å². The summed E-state index contributed by atoms with van der Waals surface area (Å²) in [7, 11) is 0. The van der Waals surface area contributed by atoms with Crippen LogP contribution in [0.25, 0.3) is 0 Å². The van der Waals surface area contributed by atoms with Crippen molar-refractivity contribution in [2.45, 2.75) is 19.4 Å². The summed E-state index contributed by atoms with van der Waals surface area (Å²) in [6, 6.07) is 3.66. The van der Waals surface area contributed by atoms with Gasteiger partial charge in [-0.05, 0) is 24.1 Å². The fraction of sp³-hybridized carbons (Fsp3) is 0.375. The molecule has 1 aromatic heterocycles. The van der Waals surface area contributed by atoms with Gasteiger partial charge in [0, 0.05) is 12.4 Å². The van der Waals surface area contributed by atoms with Gasteiger partial charge in [0.1, 0.15) is 0 Å². The first-order valence-electron chi connectivity index (χ1n) is 3.42. The third-order valence-electron chi connectivity index (χ3n) is 1.48. The summed E-state index contributed by atoms with van der Waals surface area (Å²) < 4.78 is 0. The third kappa shape index (κ3) is 1.54. The predicted octanol–water partition coefficient (Wildman–Crippen LogP) is 1.52. The van der Waals surface area contributed by atoms with E-state index in [2.05, 4.69) is 4.98 Å². The molecule has 1 aromatic rings. The molecule has 0 aliphatic carbocycles. The lowest BCUT2D eigenvalue weighted by Crippen LogP contribution is -1.93. The summed E-state index contributed by atoms with van der Waals surface area (Å²) >= 11 is 0. The molecule has 1 atom stereocenters. The van der Waals surface area contributed by atoms with Gasteiger partial charge < -0.3 is 5.11 Å². The van der Waals surface area contributed by atoms with E-state index in [0.717, 1.165) is 12.0 Å². The molecule has 10 heavy (non-hydrogen) atoms. The van der Waals surface area contributed by atoms with Crippen LogP contribution in [-0.4, -0.2) is 10.1 Å². The number of aromatic nitrogens is 1. The van der Waals surface area contributed by atoms with Crippen LogP contribution < -0.4 is 0 Å². The van der Waals surface area contributed by atoms with Crippen LogP contribution in [0.3, 0.4) is 0 Å². The minimum absolute atomic E-state index is 0.331. The topological polar surface area (TPSA) is 33.1 Å². The molecule has 2 heteroatoms. The lowest BCUT2D eigenvalue weighted by Gasteiger charge is -2.05.